The molecule has 7 heteroatoms. The van der Waals surface area contributed by atoms with E-state index in [2.05, 4.69) is 15.5 Å². The minimum Gasteiger partial charge on any atom is -0.495 e. The lowest BCUT2D eigenvalue weighted by molar-refractivity contribution is 0.199. The van der Waals surface area contributed by atoms with Gasteiger partial charge in [-0.15, -0.1) is 21.5 Å². The van der Waals surface area contributed by atoms with Crippen LogP contribution in [0.25, 0.3) is 9.88 Å². The predicted octanol–water partition coefficient (Wildman–Crippen LogP) is 2.05. The summed E-state index contributed by atoms with van der Waals surface area (Å²) in [6.45, 7) is 2.48. The van der Waals surface area contributed by atoms with Crippen molar-refractivity contribution >= 4 is 22.7 Å². The zero-order valence-corrected chi connectivity index (χ0v) is 12.6. The van der Waals surface area contributed by atoms with Crippen LogP contribution in [0.3, 0.4) is 0 Å². The summed E-state index contributed by atoms with van der Waals surface area (Å²) in [5, 5.41) is 15.7. The molecule has 0 saturated heterocycles. The number of hydrogen-bond donors (Lipinski definition) is 1. The summed E-state index contributed by atoms with van der Waals surface area (Å²) < 4.78 is 10.3. The van der Waals surface area contributed by atoms with Gasteiger partial charge in [-0.2, -0.15) is 0 Å². The molecule has 2 heterocycles. The molecule has 2 aromatic rings. The van der Waals surface area contributed by atoms with Gasteiger partial charge in [0.1, 0.15) is 15.6 Å². The largest absolute Gasteiger partial charge is 0.495 e. The van der Waals surface area contributed by atoms with Crippen LogP contribution >= 0.6 is 22.7 Å². The van der Waals surface area contributed by atoms with E-state index < -0.39 is 0 Å². The summed E-state index contributed by atoms with van der Waals surface area (Å²) in [6, 6.07) is 1.95. The topological polar surface area (TPSA) is 56.3 Å². The summed E-state index contributed by atoms with van der Waals surface area (Å²) in [5.41, 5.74) is 0. The van der Waals surface area contributed by atoms with Gasteiger partial charge in [0.15, 0.2) is 5.01 Å². The van der Waals surface area contributed by atoms with Crippen LogP contribution in [0, 0.1) is 0 Å². The Hall–Kier alpha value is -1.02. The molecule has 0 spiro atoms. The van der Waals surface area contributed by atoms with Crippen molar-refractivity contribution in [1.82, 2.24) is 15.5 Å². The zero-order chi connectivity index (χ0) is 13.5. The first-order valence-electron chi connectivity index (χ1n) is 5.99. The zero-order valence-electron chi connectivity index (χ0n) is 11.0. The SMILES string of the molecule is COCCNCCc1nnc(-c2sccc2OC)s1. The summed E-state index contributed by atoms with van der Waals surface area (Å²) in [7, 11) is 3.38. The van der Waals surface area contributed by atoms with E-state index in [-0.39, 0.29) is 0 Å². The Kier molecular flexibility index (Phi) is 5.71. The van der Waals surface area contributed by atoms with E-state index in [0.29, 0.717) is 0 Å². The second kappa shape index (κ2) is 7.54. The monoisotopic (exact) mass is 299 g/mol. The van der Waals surface area contributed by atoms with Crippen LogP contribution in [0.5, 0.6) is 5.75 Å². The Balaban J connectivity index is 1.88. The van der Waals surface area contributed by atoms with E-state index in [9.17, 15) is 0 Å². The fourth-order valence-corrected chi connectivity index (χ4v) is 3.35. The molecule has 0 saturated carbocycles. The van der Waals surface area contributed by atoms with Crippen molar-refractivity contribution in [1.29, 1.82) is 0 Å². The maximum absolute atomic E-state index is 5.30. The van der Waals surface area contributed by atoms with Crippen LogP contribution in [0.1, 0.15) is 5.01 Å². The number of aromatic nitrogens is 2. The fraction of sp³-hybridized carbons (Fsp3) is 0.500. The maximum atomic E-state index is 5.30. The lowest BCUT2D eigenvalue weighted by atomic mass is 10.4. The molecule has 0 unspecified atom stereocenters. The highest BCUT2D eigenvalue weighted by molar-refractivity contribution is 7.21. The first-order chi connectivity index (χ1) is 9.35. The molecule has 104 valence electrons. The van der Waals surface area contributed by atoms with Gasteiger partial charge in [-0.25, -0.2) is 0 Å². The lowest BCUT2D eigenvalue weighted by Crippen LogP contribution is -2.21. The van der Waals surface area contributed by atoms with Gasteiger partial charge in [-0.3, -0.25) is 0 Å². The standard InChI is InChI=1S/C12H17N3O2S2/c1-16-7-6-13-5-3-10-14-15-12(19-10)11-9(17-2)4-8-18-11/h4,8,13H,3,5-7H2,1-2H3. The molecule has 5 nitrogen and oxygen atoms in total. The third kappa shape index (κ3) is 3.97. The molecule has 0 radical (unpaired) electrons. The van der Waals surface area contributed by atoms with Crippen molar-refractivity contribution in [2.24, 2.45) is 0 Å². The highest BCUT2D eigenvalue weighted by Gasteiger charge is 2.12. The first-order valence-corrected chi connectivity index (χ1v) is 7.68. The van der Waals surface area contributed by atoms with Crippen LogP contribution in [-0.4, -0.2) is 44.1 Å². The maximum Gasteiger partial charge on any atom is 0.161 e. The molecule has 0 atom stereocenters. The minimum absolute atomic E-state index is 0.730. The van der Waals surface area contributed by atoms with Gasteiger partial charge in [-0.05, 0) is 11.4 Å². The molecule has 19 heavy (non-hydrogen) atoms. The van der Waals surface area contributed by atoms with Gasteiger partial charge < -0.3 is 14.8 Å². The molecule has 0 aliphatic carbocycles. The van der Waals surface area contributed by atoms with Gasteiger partial charge in [0.05, 0.1) is 13.7 Å². The minimum atomic E-state index is 0.730. The van der Waals surface area contributed by atoms with Gasteiger partial charge in [0, 0.05) is 26.6 Å². The summed E-state index contributed by atoms with van der Waals surface area (Å²) in [4.78, 5) is 1.05. The van der Waals surface area contributed by atoms with Gasteiger partial charge in [-0.1, -0.05) is 11.3 Å². The third-order valence-electron chi connectivity index (χ3n) is 2.51. The van der Waals surface area contributed by atoms with E-state index in [1.165, 1.54) is 0 Å². The molecule has 1 N–H and O–H groups in total. The number of nitrogens with one attached hydrogen (secondary N) is 1. The van der Waals surface area contributed by atoms with Gasteiger partial charge in [0.2, 0.25) is 0 Å². The van der Waals surface area contributed by atoms with Crippen LogP contribution < -0.4 is 10.1 Å². The van der Waals surface area contributed by atoms with Crippen LogP contribution in [0.15, 0.2) is 11.4 Å². The van der Waals surface area contributed by atoms with Crippen molar-refractivity contribution in [3.63, 3.8) is 0 Å². The van der Waals surface area contributed by atoms with E-state index >= 15 is 0 Å². The Bertz CT molecular complexity index is 499. The molecule has 2 aromatic heterocycles. The molecule has 0 aromatic carbocycles. The number of rotatable bonds is 8. The highest BCUT2D eigenvalue weighted by Crippen LogP contribution is 2.36. The molecule has 0 fully saturated rings. The lowest BCUT2D eigenvalue weighted by Gasteiger charge is -2.00. The number of thiophene rings is 1. The molecule has 0 aliphatic rings. The van der Waals surface area contributed by atoms with E-state index in [4.69, 9.17) is 9.47 Å². The molecule has 0 amide bonds. The van der Waals surface area contributed by atoms with Crippen molar-refractivity contribution in [2.75, 3.05) is 33.9 Å². The second-order valence-electron chi connectivity index (χ2n) is 3.81. The molecular formula is C12H17N3O2S2. The van der Waals surface area contributed by atoms with Crippen LogP contribution in [0.2, 0.25) is 0 Å². The number of methoxy groups -OCH3 is 2. The average molecular weight is 299 g/mol. The molecule has 0 bridgehead atoms. The predicted molar refractivity (Wildman–Crippen MR) is 78.2 cm³/mol. The highest BCUT2D eigenvalue weighted by atomic mass is 32.1. The van der Waals surface area contributed by atoms with E-state index in [0.717, 1.165) is 46.8 Å². The van der Waals surface area contributed by atoms with E-state index in [1.807, 2.05) is 11.4 Å². The second-order valence-corrected chi connectivity index (χ2v) is 5.79. The quantitative estimate of drug-likeness (QED) is 0.756. The molecular weight excluding hydrogens is 282 g/mol. The summed E-state index contributed by atoms with van der Waals surface area (Å²) in [5.74, 6) is 0.867. The Labute approximate surface area is 120 Å². The number of nitrogens with zero attached hydrogens (tertiary/aromatic N) is 2. The van der Waals surface area contributed by atoms with Crippen molar-refractivity contribution in [2.45, 2.75) is 6.42 Å². The van der Waals surface area contributed by atoms with Crippen molar-refractivity contribution < 1.29 is 9.47 Å². The first kappa shape index (κ1) is 14.4. The normalized spacial score (nSPS) is 10.8. The van der Waals surface area contributed by atoms with Gasteiger partial charge in [0.25, 0.3) is 0 Å². The smallest absolute Gasteiger partial charge is 0.161 e. The summed E-state index contributed by atoms with van der Waals surface area (Å²) >= 11 is 3.25. The fourth-order valence-electron chi connectivity index (χ4n) is 1.56. The Morgan fingerprint density at radius 2 is 2.16 bits per heavy atom. The Morgan fingerprint density at radius 1 is 1.26 bits per heavy atom. The van der Waals surface area contributed by atoms with Crippen molar-refractivity contribution in [3.8, 4) is 15.6 Å². The van der Waals surface area contributed by atoms with Crippen LogP contribution in [0.4, 0.5) is 0 Å². The molecule has 0 aliphatic heterocycles. The van der Waals surface area contributed by atoms with Gasteiger partial charge >= 0.3 is 0 Å². The number of hydrogen-bond acceptors (Lipinski definition) is 7. The average Bonchev–Trinajstić information content (AvgIpc) is 3.06. The Morgan fingerprint density at radius 3 is 2.95 bits per heavy atom. The number of ether oxygens (including phenoxy) is 2. The van der Waals surface area contributed by atoms with Crippen LogP contribution in [-0.2, 0) is 11.2 Å². The van der Waals surface area contributed by atoms with Crippen molar-refractivity contribution in [3.05, 3.63) is 16.5 Å². The third-order valence-corrected chi connectivity index (χ3v) is 4.54. The van der Waals surface area contributed by atoms with E-state index in [1.54, 1.807) is 36.9 Å². The summed E-state index contributed by atoms with van der Waals surface area (Å²) in [6.07, 6.45) is 0.884. The molecule has 2 rings (SSSR count).